The van der Waals surface area contributed by atoms with Gasteiger partial charge in [0.2, 0.25) is 5.91 Å². The van der Waals surface area contributed by atoms with Crippen molar-refractivity contribution in [1.82, 2.24) is 5.32 Å². The molecule has 4 nitrogen and oxygen atoms in total. The van der Waals surface area contributed by atoms with E-state index in [4.69, 9.17) is 4.74 Å². The van der Waals surface area contributed by atoms with Crippen molar-refractivity contribution in [3.8, 4) is 0 Å². The average molecular weight is 257 g/mol. The molecule has 4 heteroatoms. The van der Waals surface area contributed by atoms with E-state index in [0.29, 0.717) is 19.1 Å². The van der Waals surface area contributed by atoms with Crippen molar-refractivity contribution in [3.63, 3.8) is 0 Å². The van der Waals surface area contributed by atoms with Gasteiger partial charge in [-0.1, -0.05) is 26.7 Å². The van der Waals surface area contributed by atoms with Gasteiger partial charge in [0.05, 0.1) is 18.6 Å². The third kappa shape index (κ3) is 5.83. The summed E-state index contributed by atoms with van der Waals surface area (Å²) in [4.78, 5) is 11.8. The third-order valence-electron chi connectivity index (χ3n) is 3.25. The van der Waals surface area contributed by atoms with Gasteiger partial charge in [-0.3, -0.25) is 4.79 Å². The standard InChI is InChI=1S/C14H27NO3/c1-11(2)9-18-10-12(3)15-13(16)8-14(17)6-4-5-7-14/h11-12,17H,4-10H2,1-3H3,(H,15,16). The molecular formula is C14H27NO3. The molecule has 0 aromatic rings. The highest BCUT2D eigenvalue weighted by molar-refractivity contribution is 5.77. The number of hydrogen-bond donors (Lipinski definition) is 2. The average Bonchev–Trinajstić information content (AvgIpc) is 2.63. The first-order valence-electron chi connectivity index (χ1n) is 7.01. The van der Waals surface area contributed by atoms with E-state index in [1.165, 1.54) is 0 Å². The highest BCUT2D eigenvalue weighted by Crippen LogP contribution is 2.32. The highest BCUT2D eigenvalue weighted by atomic mass is 16.5. The molecule has 1 amide bonds. The van der Waals surface area contributed by atoms with E-state index < -0.39 is 5.60 Å². The molecule has 0 bridgehead atoms. The lowest BCUT2D eigenvalue weighted by atomic mass is 9.97. The number of hydrogen-bond acceptors (Lipinski definition) is 3. The zero-order chi connectivity index (χ0) is 13.6. The molecule has 18 heavy (non-hydrogen) atoms. The molecule has 1 atom stereocenters. The normalized spacial score (nSPS) is 20.1. The van der Waals surface area contributed by atoms with Crippen molar-refractivity contribution in [3.05, 3.63) is 0 Å². The van der Waals surface area contributed by atoms with Gasteiger partial charge in [-0.25, -0.2) is 0 Å². The van der Waals surface area contributed by atoms with Crippen LogP contribution in [0.1, 0.15) is 52.9 Å². The van der Waals surface area contributed by atoms with Crippen molar-refractivity contribution in [2.75, 3.05) is 13.2 Å². The molecular weight excluding hydrogens is 230 g/mol. The summed E-state index contributed by atoms with van der Waals surface area (Å²) >= 11 is 0. The summed E-state index contributed by atoms with van der Waals surface area (Å²) in [6, 6.07) is 0.00116. The lowest BCUT2D eigenvalue weighted by molar-refractivity contribution is -0.126. The van der Waals surface area contributed by atoms with E-state index in [9.17, 15) is 9.90 Å². The molecule has 1 saturated carbocycles. The largest absolute Gasteiger partial charge is 0.389 e. The second-order valence-electron chi connectivity index (χ2n) is 6.01. The van der Waals surface area contributed by atoms with Crippen molar-refractivity contribution >= 4 is 5.91 Å². The fourth-order valence-corrected chi connectivity index (χ4v) is 2.36. The quantitative estimate of drug-likeness (QED) is 0.732. The summed E-state index contributed by atoms with van der Waals surface area (Å²) in [5, 5.41) is 13.0. The number of carbonyl (C=O) groups excluding carboxylic acids is 1. The van der Waals surface area contributed by atoms with Crippen LogP contribution in [0.25, 0.3) is 0 Å². The van der Waals surface area contributed by atoms with Crippen LogP contribution in [-0.2, 0) is 9.53 Å². The predicted octanol–water partition coefficient (Wildman–Crippen LogP) is 1.86. The number of ether oxygens (including phenoxy) is 1. The molecule has 1 aliphatic carbocycles. The minimum atomic E-state index is -0.761. The first kappa shape index (κ1) is 15.4. The maximum absolute atomic E-state index is 11.8. The van der Waals surface area contributed by atoms with E-state index >= 15 is 0 Å². The summed E-state index contributed by atoms with van der Waals surface area (Å²) in [5.74, 6) is 0.437. The zero-order valence-corrected chi connectivity index (χ0v) is 11.9. The molecule has 0 aliphatic heterocycles. The van der Waals surface area contributed by atoms with Crippen molar-refractivity contribution in [1.29, 1.82) is 0 Å². The van der Waals surface area contributed by atoms with E-state index in [2.05, 4.69) is 19.2 Å². The zero-order valence-electron chi connectivity index (χ0n) is 11.9. The summed E-state index contributed by atoms with van der Waals surface area (Å²) in [6.07, 6.45) is 3.77. The number of rotatable bonds is 7. The fraction of sp³-hybridized carbons (Fsp3) is 0.929. The summed E-state index contributed by atoms with van der Waals surface area (Å²) in [7, 11) is 0. The predicted molar refractivity (Wildman–Crippen MR) is 71.3 cm³/mol. The van der Waals surface area contributed by atoms with Gasteiger partial charge in [0.1, 0.15) is 0 Å². The van der Waals surface area contributed by atoms with Crippen LogP contribution >= 0.6 is 0 Å². The Kier molecular flexibility index (Phi) is 6.09. The molecule has 106 valence electrons. The SMILES string of the molecule is CC(C)COCC(C)NC(=O)CC1(O)CCCC1. The van der Waals surface area contributed by atoms with Gasteiger partial charge >= 0.3 is 0 Å². The smallest absolute Gasteiger partial charge is 0.223 e. The highest BCUT2D eigenvalue weighted by Gasteiger charge is 2.33. The maximum atomic E-state index is 11.8. The maximum Gasteiger partial charge on any atom is 0.223 e. The Morgan fingerprint density at radius 1 is 1.28 bits per heavy atom. The Morgan fingerprint density at radius 3 is 2.44 bits per heavy atom. The second-order valence-corrected chi connectivity index (χ2v) is 6.01. The van der Waals surface area contributed by atoms with Crippen LogP contribution in [0, 0.1) is 5.92 Å². The minimum Gasteiger partial charge on any atom is -0.389 e. The van der Waals surface area contributed by atoms with Crippen molar-refractivity contribution in [2.45, 2.75) is 64.5 Å². The van der Waals surface area contributed by atoms with Crippen LogP contribution in [0.5, 0.6) is 0 Å². The van der Waals surface area contributed by atoms with E-state index in [1.807, 2.05) is 6.92 Å². The van der Waals surface area contributed by atoms with Crippen molar-refractivity contribution in [2.24, 2.45) is 5.92 Å². The molecule has 0 spiro atoms. The molecule has 2 N–H and O–H groups in total. The van der Waals surface area contributed by atoms with Crippen LogP contribution in [0.3, 0.4) is 0 Å². The minimum absolute atomic E-state index is 0.00116. The molecule has 1 rings (SSSR count). The summed E-state index contributed by atoms with van der Waals surface area (Å²) in [5.41, 5.74) is -0.761. The van der Waals surface area contributed by atoms with Crippen LogP contribution in [-0.4, -0.2) is 35.9 Å². The molecule has 1 fully saturated rings. The van der Waals surface area contributed by atoms with Gasteiger partial charge in [-0.15, -0.1) is 0 Å². The summed E-state index contributed by atoms with van der Waals surface area (Å²) < 4.78 is 5.48. The number of amides is 1. The van der Waals surface area contributed by atoms with Gasteiger partial charge in [0, 0.05) is 12.6 Å². The van der Waals surface area contributed by atoms with Crippen LogP contribution in [0.15, 0.2) is 0 Å². The Bertz CT molecular complexity index is 260. The Hall–Kier alpha value is -0.610. The molecule has 0 heterocycles. The molecule has 0 saturated heterocycles. The molecule has 1 unspecified atom stereocenters. The lowest BCUT2D eigenvalue weighted by Crippen LogP contribution is -2.40. The van der Waals surface area contributed by atoms with Crippen LogP contribution in [0.4, 0.5) is 0 Å². The fourth-order valence-electron chi connectivity index (χ4n) is 2.36. The second kappa shape index (κ2) is 7.10. The van der Waals surface area contributed by atoms with Gasteiger partial charge < -0.3 is 15.2 Å². The van der Waals surface area contributed by atoms with Crippen molar-refractivity contribution < 1.29 is 14.6 Å². The van der Waals surface area contributed by atoms with E-state index in [1.54, 1.807) is 0 Å². The Morgan fingerprint density at radius 2 is 1.89 bits per heavy atom. The van der Waals surface area contributed by atoms with Gasteiger partial charge in [-0.05, 0) is 25.7 Å². The van der Waals surface area contributed by atoms with Crippen LogP contribution in [0.2, 0.25) is 0 Å². The first-order chi connectivity index (χ1) is 8.41. The Balaban J connectivity index is 2.18. The Labute approximate surface area is 110 Å². The van der Waals surface area contributed by atoms with Gasteiger partial charge in [-0.2, -0.15) is 0 Å². The number of nitrogens with one attached hydrogen (secondary N) is 1. The monoisotopic (exact) mass is 257 g/mol. The van der Waals surface area contributed by atoms with E-state index in [0.717, 1.165) is 25.7 Å². The number of carbonyl (C=O) groups is 1. The van der Waals surface area contributed by atoms with Gasteiger partial charge in [0.15, 0.2) is 0 Å². The third-order valence-corrected chi connectivity index (χ3v) is 3.25. The van der Waals surface area contributed by atoms with Crippen LogP contribution < -0.4 is 5.32 Å². The molecule has 0 aromatic heterocycles. The lowest BCUT2D eigenvalue weighted by Gasteiger charge is -2.23. The van der Waals surface area contributed by atoms with Gasteiger partial charge in [0.25, 0.3) is 0 Å². The molecule has 0 aromatic carbocycles. The number of aliphatic hydroxyl groups is 1. The molecule has 1 aliphatic rings. The topological polar surface area (TPSA) is 58.6 Å². The van der Waals surface area contributed by atoms with E-state index in [-0.39, 0.29) is 18.4 Å². The molecule has 0 radical (unpaired) electrons. The first-order valence-corrected chi connectivity index (χ1v) is 7.01. The summed E-state index contributed by atoms with van der Waals surface area (Å²) in [6.45, 7) is 7.36.